The summed E-state index contributed by atoms with van der Waals surface area (Å²) in [5.74, 6) is 0. The van der Waals surface area contributed by atoms with Gasteiger partial charge in [-0.25, -0.2) is 0 Å². The fourth-order valence-electron chi connectivity index (χ4n) is 2.74. The largest absolute Gasteiger partial charge is 0.344 e. The van der Waals surface area contributed by atoms with Gasteiger partial charge in [-0.2, -0.15) is 0 Å². The second-order valence-electron chi connectivity index (χ2n) is 6.54. The van der Waals surface area contributed by atoms with E-state index in [1.807, 2.05) is 0 Å². The lowest BCUT2D eigenvalue weighted by atomic mass is 10.1. The van der Waals surface area contributed by atoms with Crippen LogP contribution >= 0.6 is 7.37 Å². The molecule has 3 heteroatoms. The van der Waals surface area contributed by atoms with Crippen LogP contribution in [0, 0.1) is 0 Å². The molecule has 0 amide bonds. The first kappa shape index (κ1) is 21.2. The van der Waals surface area contributed by atoms with Gasteiger partial charge in [-0.3, -0.25) is 4.57 Å². The molecule has 0 aliphatic carbocycles. The predicted molar refractivity (Wildman–Crippen MR) is 95.5 cm³/mol. The van der Waals surface area contributed by atoms with Gasteiger partial charge < -0.3 is 4.89 Å². The lowest BCUT2D eigenvalue weighted by Crippen LogP contribution is -1.96. The number of rotatable bonds is 16. The Bertz CT molecular complexity index is 254. The third-order valence-electron chi connectivity index (χ3n) is 4.22. The van der Waals surface area contributed by atoms with Crippen LogP contribution in [0.3, 0.4) is 0 Å². The molecule has 0 spiro atoms. The van der Waals surface area contributed by atoms with Crippen LogP contribution in [-0.4, -0.2) is 17.2 Å². The van der Waals surface area contributed by atoms with Gasteiger partial charge in [-0.15, -0.1) is 0 Å². The SMILES string of the molecule is CCCCCCCCCCP(=O)(O)CCCCCCCC. The maximum Gasteiger partial charge on any atom is 0.200 e. The minimum Gasteiger partial charge on any atom is -0.344 e. The summed E-state index contributed by atoms with van der Waals surface area (Å²) in [4.78, 5) is 9.95. The van der Waals surface area contributed by atoms with Gasteiger partial charge in [0.15, 0.2) is 0 Å². The Morgan fingerprint density at radius 2 is 0.857 bits per heavy atom. The lowest BCUT2D eigenvalue weighted by Gasteiger charge is -2.11. The molecule has 0 aromatic heterocycles. The Morgan fingerprint density at radius 3 is 1.19 bits per heavy atom. The minimum absolute atomic E-state index is 0.551. The van der Waals surface area contributed by atoms with Crippen molar-refractivity contribution >= 4 is 7.37 Å². The maximum atomic E-state index is 12.0. The molecular weight excluding hydrogens is 279 g/mol. The Hall–Kier alpha value is 0.190. The van der Waals surface area contributed by atoms with E-state index in [1.165, 1.54) is 64.2 Å². The van der Waals surface area contributed by atoms with Crippen LogP contribution < -0.4 is 0 Å². The first-order valence-corrected chi connectivity index (χ1v) is 11.5. The van der Waals surface area contributed by atoms with Crippen molar-refractivity contribution in [3.63, 3.8) is 0 Å². The molecule has 0 rings (SSSR count). The highest BCUT2D eigenvalue weighted by Crippen LogP contribution is 2.42. The molecule has 0 aromatic carbocycles. The van der Waals surface area contributed by atoms with Crippen molar-refractivity contribution in [3.8, 4) is 0 Å². The van der Waals surface area contributed by atoms with E-state index >= 15 is 0 Å². The highest BCUT2D eigenvalue weighted by atomic mass is 31.2. The molecule has 1 N–H and O–H groups in total. The van der Waals surface area contributed by atoms with Crippen LogP contribution in [-0.2, 0) is 4.57 Å². The summed E-state index contributed by atoms with van der Waals surface area (Å²) in [6.45, 7) is 4.45. The van der Waals surface area contributed by atoms with E-state index in [-0.39, 0.29) is 0 Å². The zero-order chi connectivity index (χ0) is 15.8. The van der Waals surface area contributed by atoms with E-state index in [0.29, 0.717) is 12.3 Å². The molecule has 0 bridgehead atoms. The van der Waals surface area contributed by atoms with Gasteiger partial charge in [0.05, 0.1) is 0 Å². The maximum absolute atomic E-state index is 12.0. The van der Waals surface area contributed by atoms with Gasteiger partial charge >= 0.3 is 0 Å². The number of hydrogen-bond acceptors (Lipinski definition) is 1. The summed E-state index contributed by atoms with van der Waals surface area (Å²) in [6.07, 6.45) is 18.2. The van der Waals surface area contributed by atoms with E-state index in [0.717, 1.165) is 25.7 Å². The van der Waals surface area contributed by atoms with Crippen LogP contribution in [0.1, 0.15) is 104 Å². The first-order valence-electron chi connectivity index (χ1n) is 9.43. The van der Waals surface area contributed by atoms with E-state index < -0.39 is 7.37 Å². The van der Waals surface area contributed by atoms with E-state index in [1.54, 1.807) is 0 Å². The van der Waals surface area contributed by atoms with Gasteiger partial charge in [-0.1, -0.05) is 90.9 Å². The highest BCUT2D eigenvalue weighted by Gasteiger charge is 2.16. The summed E-state index contributed by atoms with van der Waals surface area (Å²) in [6, 6.07) is 0. The van der Waals surface area contributed by atoms with Gasteiger partial charge in [0.1, 0.15) is 0 Å². The van der Waals surface area contributed by atoms with Crippen molar-refractivity contribution in [2.24, 2.45) is 0 Å². The van der Waals surface area contributed by atoms with Crippen LogP contribution in [0.4, 0.5) is 0 Å². The molecule has 1 unspecified atom stereocenters. The molecular formula is C18H39O2P. The average Bonchev–Trinajstić information content (AvgIpc) is 2.45. The first-order chi connectivity index (χ1) is 10.1. The third kappa shape index (κ3) is 16.4. The Morgan fingerprint density at radius 1 is 0.571 bits per heavy atom. The molecule has 0 aliphatic heterocycles. The Labute approximate surface area is 133 Å². The zero-order valence-corrected chi connectivity index (χ0v) is 15.5. The quantitative estimate of drug-likeness (QED) is 0.252. The van der Waals surface area contributed by atoms with Crippen LogP contribution in [0.2, 0.25) is 0 Å². The van der Waals surface area contributed by atoms with Gasteiger partial charge in [0.2, 0.25) is 7.37 Å². The molecule has 1 atom stereocenters. The summed E-state index contributed by atoms with van der Waals surface area (Å²) >= 11 is 0. The van der Waals surface area contributed by atoms with Gasteiger partial charge in [0, 0.05) is 12.3 Å². The van der Waals surface area contributed by atoms with Crippen molar-refractivity contribution in [2.75, 3.05) is 12.3 Å². The Kier molecular flexibility index (Phi) is 15.2. The van der Waals surface area contributed by atoms with Gasteiger partial charge in [0.25, 0.3) is 0 Å². The van der Waals surface area contributed by atoms with E-state index in [9.17, 15) is 9.46 Å². The molecule has 2 nitrogen and oxygen atoms in total. The number of unbranched alkanes of at least 4 members (excludes halogenated alkanes) is 12. The molecule has 0 saturated heterocycles. The second-order valence-corrected chi connectivity index (χ2v) is 9.12. The van der Waals surface area contributed by atoms with Crippen LogP contribution in [0.25, 0.3) is 0 Å². The molecule has 0 radical (unpaired) electrons. The molecule has 0 aromatic rings. The standard InChI is InChI=1S/C18H39O2P/c1-3-5-7-9-11-12-14-16-18-21(19,20)17-15-13-10-8-6-4-2/h3-18H2,1-2H3,(H,19,20). The summed E-state index contributed by atoms with van der Waals surface area (Å²) in [5, 5.41) is 0. The van der Waals surface area contributed by atoms with Gasteiger partial charge in [-0.05, 0) is 12.8 Å². The highest BCUT2D eigenvalue weighted by molar-refractivity contribution is 7.57. The minimum atomic E-state index is -2.81. The fourth-order valence-corrected chi connectivity index (χ4v) is 4.40. The zero-order valence-electron chi connectivity index (χ0n) is 14.6. The fraction of sp³-hybridized carbons (Fsp3) is 1.00. The summed E-state index contributed by atoms with van der Waals surface area (Å²) in [5.41, 5.74) is 0. The smallest absolute Gasteiger partial charge is 0.200 e. The second kappa shape index (κ2) is 15.1. The molecule has 0 heterocycles. The topological polar surface area (TPSA) is 37.3 Å². The molecule has 0 fully saturated rings. The van der Waals surface area contributed by atoms with E-state index in [4.69, 9.17) is 0 Å². The van der Waals surface area contributed by atoms with E-state index in [2.05, 4.69) is 13.8 Å². The van der Waals surface area contributed by atoms with Crippen LogP contribution in [0.5, 0.6) is 0 Å². The van der Waals surface area contributed by atoms with Crippen molar-refractivity contribution in [3.05, 3.63) is 0 Å². The summed E-state index contributed by atoms with van der Waals surface area (Å²) < 4.78 is 12.0. The van der Waals surface area contributed by atoms with Crippen molar-refractivity contribution in [1.29, 1.82) is 0 Å². The predicted octanol–water partition coefficient (Wildman–Crippen LogP) is 6.76. The molecule has 0 saturated carbocycles. The normalized spacial score (nSPS) is 14.2. The van der Waals surface area contributed by atoms with Crippen molar-refractivity contribution in [2.45, 2.75) is 104 Å². The number of hydrogen-bond donors (Lipinski definition) is 1. The average molecular weight is 318 g/mol. The third-order valence-corrected chi connectivity index (χ3v) is 6.25. The van der Waals surface area contributed by atoms with Crippen LogP contribution in [0.15, 0.2) is 0 Å². The molecule has 128 valence electrons. The molecule has 0 aliphatic rings. The lowest BCUT2D eigenvalue weighted by molar-refractivity contribution is 0.469. The Balaban J connectivity index is 3.36. The monoisotopic (exact) mass is 318 g/mol. The van der Waals surface area contributed by atoms with Crippen molar-refractivity contribution < 1.29 is 9.46 Å². The molecule has 21 heavy (non-hydrogen) atoms. The van der Waals surface area contributed by atoms with Crippen molar-refractivity contribution in [1.82, 2.24) is 0 Å². The summed E-state index contributed by atoms with van der Waals surface area (Å²) in [7, 11) is -2.81.